The molecule has 2 nitrogen and oxygen atoms in total. The summed E-state index contributed by atoms with van der Waals surface area (Å²) in [6.07, 6.45) is 0. The number of aryl methyl sites for hydroxylation is 2. The maximum atomic E-state index is 5.55. The number of anilines is 1. The predicted octanol–water partition coefficient (Wildman–Crippen LogP) is 4.08. The van der Waals surface area contributed by atoms with Crippen molar-refractivity contribution in [3.63, 3.8) is 0 Å². The summed E-state index contributed by atoms with van der Waals surface area (Å²) in [6.45, 7) is 4.08. The highest BCUT2D eigenvalue weighted by Crippen LogP contribution is 2.20. The van der Waals surface area contributed by atoms with Gasteiger partial charge in [0.15, 0.2) is 0 Å². The number of hydrogen-bond acceptors (Lipinski definition) is 2. The number of benzene rings is 2. The highest BCUT2D eigenvalue weighted by atomic mass is 32.1. The summed E-state index contributed by atoms with van der Waals surface area (Å²) in [5, 5.41) is 3.50. The van der Waals surface area contributed by atoms with E-state index < -0.39 is 0 Å². The van der Waals surface area contributed by atoms with Gasteiger partial charge in [0.2, 0.25) is 0 Å². The van der Waals surface area contributed by atoms with Crippen LogP contribution in [0.3, 0.4) is 0 Å². The zero-order chi connectivity index (χ0) is 13.0. The fraction of sp³-hybridized carbons (Fsp3) is 0.133. The van der Waals surface area contributed by atoms with Crippen molar-refractivity contribution in [2.45, 2.75) is 13.8 Å². The number of para-hydroxylation sites is 2. The van der Waals surface area contributed by atoms with Gasteiger partial charge in [-0.1, -0.05) is 36.4 Å². The molecule has 0 fully saturated rings. The van der Waals surface area contributed by atoms with Gasteiger partial charge in [0.25, 0.3) is 5.17 Å². The van der Waals surface area contributed by atoms with E-state index in [-0.39, 0.29) is 0 Å². The molecule has 1 N–H and O–H groups in total. The molecule has 0 unspecified atom stereocenters. The standard InChI is InChI=1S/C15H15NOS/c1-11-7-6-8-12(2)14(11)16-15(18)17-13-9-4-3-5-10-13/h3-10H,1-2H3,(H,16,18). The Morgan fingerprint density at radius 2 is 1.56 bits per heavy atom. The van der Waals surface area contributed by atoms with Gasteiger partial charge in [-0.15, -0.1) is 0 Å². The third-order valence-electron chi connectivity index (χ3n) is 2.66. The Hall–Kier alpha value is -1.87. The summed E-state index contributed by atoms with van der Waals surface area (Å²) in [5.41, 5.74) is 3.31. The van der Waals surface area contributed by atoms with Gasteiger partial charge in [-0.25, -0.2) is 0 Å². The number of thiocarbonyl (C=S) groups is 1. The first-order valence-electron chi connectivity index (χ1n) is 5.77. The summed E-state index contributed by atoms with van der Waals surface area (Å²) in [7, 11) is 0. The summed E-state index contributed by atoms with van der Waals surface area (Å²) in [5.74, 6) is 0.737. The second-order valence-electron chi connectivity index (χ2n) is 4.09. The molecule has 0 saturated heterocycles. The molecule has 0 amide bonds. The van der Waals surface area contributed by atoms with Crippen molar-refractivity contribution >= 4 is 23.1 Å². The predicted molar refractivity (Wildman–Crippen MR) is 79.2 cm³/mol. The molecule has 2 aromatic carbocycles. The average Bonchev–Trinajstić information content (AvgIpc) is 2.35. The van der Waals surface area contributed by atoms with Crippen molar-refractivity contribution in [1.29, 1.82) is 0 Å². The van der Waals surface area contributed by atoms with Crippen molar-refractivity contribution < 1.29 is 4.74 Å². The van der Waals surface area contributed by atoms with Crippen LogP contribution in [0.15, 0.2) is 48.5 Å². The van der Waals surface area contributed by atoms with Gasteiger partial charge in [0.05, 0.1) is 0 Å². The maximum absolute atomic E-state index is 5.55. The summed E-state index contributed by atoms with van der Waals surface area (Å²) >= 11 is 5.20. The van der Waals surface area contributed by atoms with Gasteiger partial charge in [-0.3, -0.25) is 0 Å². The van der Waals surface area contributed by atoms with E-state index in [9.17, 15) is 0 Å². The van der Waals surface area contributed by atoms with E-state index in [1.54, 1.807) is 0 Å². The number of rotatable bonds is 2. The molecular formula is C15H15NOS. The topological polar surface area (TPSA) is 21.3 Å². The quantitative estimate of drug-likeness (QED) is 0.819. The normalized spacial score (nSPS) is 9.89. The average molecular weight is 257 g/mol. The second kappa shape index (κ2) is 5.65. The Kier molecular flexibility index (Phi) is 3.95. The van der Waals surface area contributed by atoms with E-state index in [4.69, 9.17) is 17.0 Å². The summed E-state index contributed by atoms with van der Waals surface area (Å²) in [6, 6.07) is 15.6. The van der Waals surface area contributed by atoms with Crippen LogP contribution in [0.25, 0.3) is 0 Å². The van der Waals surface area contributed by atoms with Crippen LogP contribution in [0.5, 0.6) is 5.75 Å². The smallest absolute Gasteiger partial charge is 0.266 e. The number of hydrogen-bond donors (Lipinski definition) is 1. The molecule has 0 aliphatic carbocycles. The van der Waals surface area contributed by atoms with Crippen LogP contribution in [0.2, 0.25) is 0 Å². The Labute approximate surface area is 113 Å². The van der Waals surface area contributed by atoms with Crippen LogP contribution in [0.1, 0.15) is 11.1 Å². The van der Waals surface area contributed by atoms with E-state index >= 15 is 0 Å². The lowest BCUT2D eigenvalue weighted by atomic mass is 10.1. The molecule has 2 rings (SSSR count). The molecule has 0 saturated carbocycles. The minimum Gasteiger partial charge on any atom is -0.432 e. The molecular weight excluding hydrogens is 242 g/mol. The Bertz CT molecular complexity index is 531. The number of ether oxygens (including phenoxy) is 1. The first-order chi connectivity index (χ1) is 8.66. The highest BCUT2D eigenvalue weighted by Gasteiger charge is 2.05. The minimum atomic E-state index is 0.360. The van der Waals surface area contributed by atoms with Crippen molar-refractivity contribution in [2.24, 2.45) is 0 Å². The molecule has 0 radical (unpaired) electrons. The van der Waals surface area contributed by atoms with Crippen LogP contribution in [-0.2, 0) is 0 Å². The SMILES string of the molecule is Cc1cccc(C)c1NC(=S)Oc1ccccc1. The Balaban J connectivity index is 2.08. The van der Waals surface area contributed by atoms with Crippen molar-refractivity contribution in [2.75, 3.05) is 5.32 Å². The number of nitrogens with one attached hydrogen (secondary N) is 1. The molecule has 3 heteroatoms. The van der Waals surface area contributed by atoms with Crippen LogP contribution >= 0.6 is 12.2 Å². The Morgan fingerprint density at radius 3 is 2.17 bits per heavy atom. The molecule has 2 aromatic rings. The Morgan fingerprint density at radius 1 is 0.944 bits per heavy atom. The van der Waals surface area contributed by atoms with E-state index in [2.05, 4.69) is 5.32 Å². The van der Waals surface area contributed by atoms with E-state index in [1.807, 2.05) is 62.4 Å². The van der Waals surface area contributed by atoms with E-state index in [0.29, 0.717) is 5.17 Å². The molecule has 0 aliphatic rings. The fourth-order valence-electron chi connectivity index (χ4n) is 1.73. The summed E-state index contributed by atoms with van der Waals surface area (Å²) < 4.78 is 5.55. The van der Waals surface area contributed by atoms with Crippen LogP contribution < -0.4 is 10.1 Å². The molecule has 0 spiro atoms. The molecule has 0 heterocycles. The van der Waals surface area contributed by atoms with Gasteiger partial charge in [0.1, 0.15) is 5.75 Å². The lowest BCUT2D eigenvalue weighted by Crippen LogP contribution is -2.17. The first kappa shape index (κ1) is 12.6. The van der Waals surface area contributed by atoms with Crippen molar-refractivity contribution in [3.05, 3.63) is 59.7 Å². The van der Waals surface area contributed by atoms with Gasteiger partial charge in [0, 0.05) is 5.69 Å². The fourth-order valence-corrected chi connectivity index (χ4v) is 1.93. The maximum Gasteiger partial charge on any atom is 0.266 e. The lowest BCUT2D eigenvalue weighted by Gasteiger charge is -2.13. The van der Waals surface area contributed by atoms with Gasteiger partial charge in [-0.2, -0.15) is 0 Å². The molecule has 0 bridgehead atoms. The van der Waals surface area contributed by atoms with Crippen molar-refractivity contribution in [3.8, 4) is 5.75 Å². The van der Waals surface area contributed by atoms with E-state index in [0.717, 1.165) is 22.6 Å². The zero-order valence-electron chi connectivity index (χ0n) is 10.4. The van der Waals surface area contributed by atoms with Gasteiger partial charge < -0.3 is 10.1 Å². The van der Waals surface area contributed by atoms with Crippen LogP contribution in [0.4, 0.5) is 5.69 Å². The second-order valence-corrected chi connectivity index (χ2v) is 4.47. The molecule has 18 heavy (non-hydrogen) atoms. The van der Waals surface area contributed by atoms with E-state index in [1.165, 1.54) is 0 Å². The van der Waals surface area contributed by atoms with Gasteiger partial charge >= 0.3 is 0 Å². The van der Waals surface area contributed by atoms with Gasteiger partial charge in [-0.05, 0) is 49.3 Å². The van der Waals surface area contributed by atoms with Crippen LogP contribution in [-0.4, -0.2) is 5.17 Å². The molecule has 0 aliphatic heterocycles. The molecule has 0 aromatic heterocycles. The largest absolute Gasteiger partial charge is 0.432 e. The summed E-state index contributed by atoms with van der Waals surface area (Å²) in [4.78, 5) is 0. The monoisotopic (exact) mass is 257 g/mol. The lowest BCUT2D eigenvalue weighted by molar-refractivity contribution is 0.563. The molecule has 0 atom stereocenters. The third-order valence-corrected chi connectivity index (χ3v) is 2.85. The minimum absolute atomic E-state index is 0.360. The highest BCUT2D eigenvalue weighted by molar-refractivity contribution is 7.80. The van der Waals surface area contributed by atoms with Crippen LogP contribution in [0, 0.1) is 13.8 Å². The third kappa shape index (κ3) is 3.08. The van der Waals surface area contributed by atoms with Crippen molar-refractivity contribution in [1.82, 2.24) is 0 Å². The first-order valence-corrected chi connectivity index (χ1v) is 6.18. The zero-order valence-corrected chi connectivity index (χ0v) is 11.3. The molecule has 92 valence electrons.